The lowest BCUT2D eigenvalue weighted by atomic mass is 10.2. The van der Waals surface area contributed by atoms with Gasteiger partial charge in [0, 0.05) is 11.3 Å². The second-order valence-corrected chi connectivity index (χ2v) is 6.11. The maximum atomic E-state index is 13.3. The Morgan fingerprint density at radius 2 is 1.78 bits per heavy atom. The van der Waals surface area contributed by atoms with E-state index in [2.05, 4.69) is 10.3 Å². The number of aliphatic hydroxyl groups is 1. The van der Waals surface area contributed by atoms with Gasteiger partial charge in [-0.3, -0.25) is 0 Å². The molecule has 3 aromatic carbocycles. The largest absolute Gasteiger partial charge is 0.489 e. The molecule has 0 aliphatic heterocycles. The van der Waals surface area contributed by atoms with Gasteiger partial charge in [-0.25, -0.2) is 9.38 Å². The van der Waals surface area contributed by atoms with E-state index in [-0.39, 0.29) is 11.8 Å². The smallest absolute Gasteiger partial charge is 0.141 e. The lowest BCUT2D eigenvalue weighted by Crippen LogP contribution is -2.14. The molecule has 0 aromatic heterocycles. The fraction of sp³-hybridized carbons (Fsp3) is 0.0952. The van der Waals surface area contributed by atoms with E-state index in [9.17, 15) is 9.50 Å². The van der Waals surface area contributed by atoms with Gasteiger partial charge in [-0.1, -0.05) is 41.9 Å². The van der Waals surface area contributed by atoms with Gasteiger partial charge in [0.2, 0.25) is 0 Å². The van der Waals surface area contributed by atoms with E-state index in [1.807, 2.05) is 54.6 Å². The molecular weight excluding hydrogens is 367 g/mol. The average molecular weight is 385 g/mol. The van der Waals surface area contributed by atoms with Crippen LogP contribution in [0.1, 0.15) is 11.1 Å². The third-order valence-electron chi connectivity index (χ3n) is 3.79. The van der Waals surface area contributed by atoms with Gasteiger partial charge in [0.1, 0.15) is 30.7 Å². The number of rotatable bonds is 6. The van der Waals surface area contributed by atoms with Gasteiger partial charge in [0.15, 0.2) is 0 Å². The second-order valence-electron chi connectivity index (χ2n) is 5.70. The van der Waals surface area contributed by atoms with Crippen LogP contribution in [0.2, 0.25) is 5.02 Å². The van der Waals surface area contributed by atoms with Gasteiger partial charge in [-0.15, -0.1) is 0 Å². The molecule has 0 aliphatic rings. The van der Waals surface area contributed by atoms with E-state index in [1.54, 1.807) is 6.07 Å². The van der Waals surface area contributed by atoms with Crippen molar-refractivity contribution >= 4 is 23.1 Å². The molecule has 138 valence electrons. The third kappa shape index (κ3) is 5.29. The minimum Gasteiger partial charge on any atom is -0.489 e. The molecule has 0 amide bonds. The molecule has 0 saturated carbocycles. The first-order valence-electron chi connectivity index (χ1n) is 8.30. The Hall–Kier alpha value is -2.89. The standard InChI is InChI=1S/C21H18ClFN2O2/c22-19-12-17(8-11-20(19)23)25-21(24-14-26)16-6-9-18(10-7-16)27-13-15-4-2-1-3-5-15/h1-12,26H,13-14H2,(H,24,25). The zero-order chi connectivity index (χ0) is 19.1. The molecule has 3 rings (SSSR count). The zero-order valence-corrected chi connectivity index (χ0v) is 15.2. The highest BCUT2D eigenvalue weighted by Crippen LogP contribution is 2.21. The Balaban J connectivity index is 1.70. The summed E-state index contributed by atoms with van der Waals surface area (Å²) in [6.07, 6.45) is 0. The minimum absolute atomic E-state index is 0.00742. The summed E-state index contributed by atoms with van der Waals surface area (Å²) in [5.41, 5.74) is 2.40. The van der Waals surface area contributed by atoms with Crippen LogP contribution >= 0.6 is 11.6 Å². The first-order chi connectivity index (χ1) is 13.2. The first kappa shape index (κ1) is 18.9. The molecule has 3 aromatic rings. The van der Waals surface area contributed by atoms with Gasteiger partial charge in [-0.05, 0) is 48.0 Å². The summed E-state index contributed by atoms with van der Waals surface area (Å²) in [6.45, 7) is 0.0909. The van der Waals surface area contributed by atoms with Crippen LogP contribution in [0.15, 0.2) is 77.8 Å². The zero-order valence-electron chi connectivity index (χ0n) is 14.4. The van der Waals surface area contributed by atoms with Crippen LogP contribution in [0.25, 0.3) is 0 Å². The highest BCUT2D eigenvalue weighted by molar-refractivity contribution is 6.31. The summed E-state index contributed by atoms with van der Waals surface area (Å²) in [7, 11) is 0. The van der Waals surface area contributed by atoms with Crippen molar-refractivity contribution < 1.29 is 14.2 Å². The molecule has 0 aliphatic carbocycles. The normalized spacial score (nSPS) is 11.3. The molecule has 2 N–H and O–H groups in total. The van der Waals surface area contributed by atoms with Gasteiger partial charge in [0.25, 0.3) is 0 Å². The van der Waals surface area contributed by atoms with Crippen LogP contribution in [0.3, 0.4) is 0 Å². The van der Waals surface area contributed by atoms with Gasteiger partial charge in [0.05, 0.1) is 5.02 Å². The second kappa shape index (κ2) is 9.16. The Kier molecular flexibility index (Phi) is 6.41. The number of anilines is 1. The number of halogens is 2. The van der Waals surface area contributed by atoms with Crippen molar-refractivity contribution in [3.8, 4) is 5.75 Å². The predicted molar refractivity (Wildman–Crippen MR) is 106 cm³/mol. The van der Waals surface area contributed by atoms with Gasteiger partial charge >= 0.3 is 0 Å². The van der Waals surface area contributed by atoms with Gasteiger partial charge < -0.3 is 15.2 Å². The number of ether oxygens (including phenoxy) is 1. The van der Waals surface area contributed by atoms with E-state index in [4.69, 9.17) is 16.3 Å². The molecule has 4 nitrogen and oxygen atoms in total. The summed E-state index contributed by atoms with van der Waals surface area (Å²) in [5, 5.41) is 12.2. The first-order valence-corrected chi connectivity index (χ1v) is 8.68. The average Bonchev–Trinajstić information content (AvgIpc) is 2.70. The van der Waals surface area contributed by atoms with E-state index >= 15 is 0 Å². The number of nitrogens with one attached hydrogen (secondary N) is 1. The van der Waals surface area contributed by atoms with Crippen molar-refractivity contribution in [1.82, 2.24) is 0 Å². The quantitative estimate of drug-likeness (QED) is 0.471. The number of aliphatic hydroxyl groups excluding tert-OH is 1. The lowest BCUT2D eigenvalue weighted by molar-refractivity contribution is 0.306. The molecule has 0 unspecified atom stereocenters. The number of hydrogen-bond donors (Lipinski definition) is 2. The number of aliphatic imine (C=N–C) groups is 1. The Morgan fingerprint density at radius 1 is 1.04 bits per heavy atom. The summed E-state index contributed by atoms with van der Waals surface area (Å²) in [4.78, 5) is 4.05. The number of benzene rings is 3. The predicted octanol–water partition coefficient (Wildman–Crippen LogP) is 4.87. The molecule has 0 atom stereocenters. The molecule has 0 radical (unpaired) electrons. The van der Waals surface area contributed by atoms with Crippen molar-refractivity contribution in [2.75, 3.05) is 12.0 Å². The maximum Gasteiger partial charge on any atom is 0.141 e. The van der Waals surface area contributed by atoms with Crippen LogP contribution in [0.5, 0.6) is 5.75 Å². The number of nitrogens with zero attached hydrogens (tertiary/aromatic N) is 1. The molecular formula is C21H18ClFN2O2. The molecule has 0 fully saturated rings. The molecule has 0 heterocycles. The van der Waals surface area contributed by atoms with Gasteiger partial charge in [-0.2, -0.15) is 0 Å². The molecule has 0 saturated heterocycles. The van der Waals surface area contributed by atoms with Crippen molar-refractivity contribution in [2.45, 2.75) is 6.61 Å². The fourth-order valence-corrected chi connectivity index (χ4v) is 2.61. The molecule has 27 heavy (non-hydrogen) atoms. The highest BCUT2D eigenvalue weighted by Gasteiger charge is 2.07. The van der Waals surface area contributed by atoms with Crippen LogP contribution in [-0.4, -0.2) is 17.7 Å². The number of hydrogen-bond acceptors (Lipinski definition) is 3. The monoisotopic (exact) mass is 384 g/mol. The topological polar surface area (TPSA) is 53.9 Å². The van der Waals surface area contributed by atoms with E-state index in [0.717, 1.165) is 16.9 Å². The van der Waals surface area contributed by atoms with Crippen LogP contribution in [0.4, 0.5) is 10.1 Å². The van der Waals surface area contributed by atoms with E-state index in [0.29, 0.717) is 18.1 Å². The van der Waals surface area contributed by atoms with Crippen molar-refractivity contribution in [2.24, 2.45) is 4.99 Å². The number of amidine groups is 1. The SMILES string of the molecule is OC/N=C(\Nc1ccc(F)c(Cl)c1)c1ccc(OCc2ccccc2)cc1. The molecule has 6 heteroatoms. The minimum atomic E-state index is -0.497. The lowest BCUT2D eigenvalue weighted by Gasteiger charge is -2.12. The van der Waals surface area contributed by atoms with Crippen molar-refractivity contribution in [3.05, 3.63) is 94.8 Å². The summed E-state index contributed by atoms with van der Waals surface area (Å²) in [5.74, 6) is 0.661. The van der Waals surface area contributed by atoms with E-state index in [1.165, 1.54) is 12.1 Å². The third-order valence-corrected chi connectivity index (χ3v) is 4.08. The van der Waals surface area contributed by atoms with Crippen LogP contribution < -0.4 is 10.1 Å². The fourth-order valence-electron chi connectivity index (χ4n) is 2.43. The summed E-state index contributed by atoms with van der Waals surface area (Å²) < 4.78 is 19.1. The van der Waals surface area contributed by atoms with E-state index < -0.39 is 5.82 Å². The van der Waals surface area contributed by atoms with Crippen molar-refractivity contribution in [1.29, 1.82) is 0 Å². The Labute approximate surface area is 161 Å². The Morgan fingerprint density at radius 3 is 2.44 bits per heavy atom. The molecule has 0 bridgehead atoms. The summed E-state index contributed by atoms with van der Waals surface area (Å²) in [6, 6.07) is 21.5. The molecule has 0 spiro atoms. The highest BCUT2D eigenvalue weighted by atomic mass is 35.5. The maximum absolute atomic E-state index is 13.3. The Bertz CT molecular complexity index is 915. The summed E-state index contributed by atoms with van der Waals surface area (Å²) >= 11 is 5.81. The van der Waals surface area contributed by atoms with Crippen LogP contribution in [-0.2, 0) is 6.61 Å². The van der Waals surface area contributed by atoms with Crippen LogP contribution in [0, 0.1) is 5.82 Å². The van der Waals surface area contributed by atoms with Crippen molar-refractivity contribution in [3.63, 3.8) is 0 Å².